The number of benzene rings is 2. The van der Waals surface area contributed by atoms with Crippen LogP contribution in [0.4, 0.5) is 0 Å². The number of rotatable bonds is 3. The van der Waals surface area contributed by atoms with Crippen LogP contribution in [-0.2, 0) is 7.05 Å². The smallest absolute Gasteiger partial charge is 0.335 e. The summed E-state index contributed by atoms with van der Waals surface area (Å²) in [5, 5.41) is 18.8. The highest BCUT2D eigenvalue weighted by Crippen LogP contribution is 2.32. The molecule has 0 aliphatic heterocycles. The standard InChI is InChI=1S/C22H16ClN3O3/c1-12-7-8-13(22(28)29)9-16(12)17-10-14-11-24-25-19(20(14)26(2)21(17)27)15-5-3-4-6-18(15)23/h3-11H,1-2H3,(H,28,29). The van der Waals surface area contributed by atoms with E-state index in [2.05, 4.69) is 10.2 Å². The van der Waals surface area contributed by atoms with Gasteiger partial charge in [-0.2, -0.15) is 5.10 Å². The maximum absolute atomic E-state index is 13.2. The van der Waals surface area contributed by atoms with Crippen molar-refractivity contribution in [1.82, 2.24) is 14.8 Å². The van der Waals surface area contributed by atoms with Gasteiger partial charge >= 0.3 is 5.97 Å². The highest BCUT2D eigenvalue weighted by Gasteiger charge is 2.17. The van der Waals surface area contributed by atoms with Gasteiger partial charge in [-0.05, 0) is 42.3 Å². The first-order valence-corrected chi connectivity index (χ1v) is 9.21. The van der Waals surface area contributed by atoms with Crippen molar-refractivity contribution in [3.05, 3.63) is 81.2 Å². The monoisotopic (exact) mass is 405 g/mol. The molecule has 29 heavy (non-hydrogen) atoms. The average molecular weight is 406 g/mol. The number of aromatic carboxylic acids is 1. The molecule has 0 aliphatic rings. The van der Waals surface area contributed by atoms with E-state index in [1.54, 1.807) is 31.4 Å². The zero-order valence-electron chi connectivity index (χ0n) is 15.7. The molecule has 2 aromatic heterocycles. The molecule has 0 bridgehead atoms. The van der Waals surface area contributed by atoms with Gasteiger partial charge in [0.15, 0.2) is 0 Å². The van der Waals surface area contributed by atoms with Crippen molar-refractivity contribution < 1.29 is 9.90 Å². The first-order chi connectivity index (χ1) is 13.9. The largest absolute Gasteiger partial charge is 0.478 e. The molecule has 0 unspecified atom stereocenters. The number of aromatic nitrogens is 3. The maximum atomic E-state index is 13.2. The van der Waals surface area contributed by atoms with E-state index in [4.69, 9.17) is 11.6 Å². The third-order valence-corrected chi connectivity index (χ3v) is 5.26. The minimum Gasteiger partial charge on any atom is -0.478 e. The number of carbonyl (C=O) groups is 1. The summed E-state index contributed by atoms with van der Waals surface area (Å²) in [6.45, 7) is 1.84. The van der Waals surface area contributed by atoms with Crippen LogP contribution in [0.25, 0.3) is 33.3 Å². The molecular weight excluding hydrogens is 390 g/mol. The van der Waals surface area contributed by atoms with Crippen LogP contribution in [0.2, 0.25) is 5.02 Å². The van der Waals surface area contributed by atoms with E-state index in [-0.39, 0.29) is 11.1 Å². The van der Waals surface area contributed by atoms with Gasteiger partial charge in [0.05, 0.1) is 22.3 Å². The van der Waals surface area contributed by atoms with E-state index in [0.29, 0.717) is 38.3 Å². The van der Waals surface area contributed by atoms with Crippen LogP contribution >= 0.6 is 11.6 Å². The van der Waals surface area contributed by atoms with E-state index < -0.39 is 5.97 Å². The summed E-state index contributed by atoms with van der Waals surface area (Å²) in [5.74, 6) is -1.05. The van der Waals surface area contributed by atoms with Gasteiger partial charge in [0, 0.05) is 23.6 Å². The Hall–Kier alpha value is -3.51. The quantitative estimate of drug-likeness (QED) is 0.548. The van der Waals surface area contributed by atoms with Gasteiger partial charge in [-0.1, -0.05) is 35.9 Å². The number of carboxylic acid groups (broad SMARTS) is 1. The first kappa shape index (κ1) is 18.8. The molecule has 0 amide bonds. The second kappa shape index (κ2) is 7.14. The van der Waals surface area contributed by atoms with E-state index in [1.165, 1.54) is 16.7 Å². The van der Waals surface area contributed by atoms with Gasteiger partial charge in [-0.25, -0.2) is 4.79 Å². The van der Waals surface area contributed by atoms with Crippen molar-refractivity contribution in [2.24, 2.45) is 7.05 Å². The van der Waals surface area contributed by atoms with Crippen LogP contribution in [0.15, 0.2) is 59.5 Å². The SMILES string of the molecule is Cc1ccc(C(=O)O)cc1-c1cc2cnnc(-c3ccccc3Cl)c2n(C)c1=O. The number of fused-ring (bicyclic) bond motifs is 1. The Bertz CT molecular complexity index is 1350. The number of aryl methyl sites for hydroxylation is 2. The summed E-state index contributed by atoms with van der Waals surface area (Å²) in [6, 6.07) is 13.7. The Morgan fingerprint density at radius 3 is 2.55 bits per heavy atom. The Morgan fingerprint density at radius 1 is 1.07 bits per heavy atom. The topological polar surface area (TPSA) is 85.1 Å². The predicted octanol–water partition coefficient (Wildman–Crippen LogP) is 4.32. The van der Waals surface area contributed by atoms with Crippen LogP contribution in [0.1, 0.15) is 15.9 Å². The van der Waals surface area contributed by atoms with Crippen LogP contribution in [0, 0.1) is 6.92 Å². The maximum Gasteiger partial charge on any atom is 0.335 e. The second-order valence-corrected chi connectivity index (χ2v) is 7.14. The van der Waals surface area contributed by atoms with Crippen molar-refractivity contribution in [2.45, 2.75) is 6.92 Å². The third kappa shape index (κ3) is 3.17. The van der Waals surface area contributed by atoms with Crippen LogP contribution in [0.3, 0.4) is 0 Å². The third-order valence-electron chi connectivity index (χ3n) is 4.93. The molecule has 6 nitrogen and oxygen atoms in total. The van der Waals surface area contributed by atoms with Crippen molar-refractivity contribution in [1.29, 1.82) is 0 Å². The molecule has 0 saturated heterocycles. The second-order valence-electron chi connectivity index (χ2n) is 6.73. The summed E-state index contributed by atoms with van der Waals surface area (Å²) >= 11 is 6.34. The number of nitrogens with zero attached hydrogens (tertiary/aromatic N) is 3. The molecule has 1 N–H and O–H groups in total. The van der Waals surface area contributed by atoms with Gasteiger partial charge in [0.2, 0.25) is 0 Å². The van der Waals surface area contributed by atoms with Gasteiger partial charge in [-0.3, -0.25) is 4.79 Å². The summed E-state index contributed by atoms with van der Waals surface area (Å²) < 4.78 is 1.50. The summed E-state index contributed by atoms with van der Waals surface area (Å²) in [4.78, 5) is 24.6. The van der Waals surface area contributed by atoms with Gasteiger partial charge in [-0.15, -0.1) is 5.10 Å². The molecule has 0 radical (unpaired) electrons. The Morgan fingerprint density at radius 2 is 1.83 bits per heavy atom. The fourth-order valence-electron chi connectivity index (χ4n) is 3.42. The van der Waals surface area contributed by atoms with Crippen molar-refractivity contribution in [3.8, 4) is 22.4 Å². The summed E-state index contributed by atoms with van der Waals surface area (Å²) in [7, 11) is 1.66. The van der Waals surface area contributed by atoms with Gasteiger partial charge in [0.25, 0.3) is 5.56 Å². The Kier molecular flexibility index (Phi) is 4.64. The van der Waals surface area contributed by atoms with E-state index in [0.717, 1.165) is 5.56 Å². The minimum atomic E-state index is -1.05. The van der Waals surface area contributed by atoms with Crippen molar-refractivity contribution in [2.75, 3.05) is 0 Å². The van der Waals surface area contributed by atoms with E-state index in [9.17, 15) is 14.7 Å². The zero-order valence-corrected chi connectivity index (χ0v) is 16.4. The van der Waals surface area contributed by atoms with Crippen LogP contribution in [-0.4, -0.2) is 25.8 Å². The Labute approximate surface area is 171 Å². The molecule has 0 saturated carbocycles. The molecule has 2 aromatic carbocycles. The molecule has 0 fully saturated rings. The molecule has 0 aliphatic carbocycles. The lowest BCUT2D eigenvalue weighted by atomic mass is 9.97. The van der Waals surface area contributed by atoms with Crippen LogP contribution in [0.5, 0.6) is 0 Å². The fourth-order valence-corrected chi connectivity index (χ4v) is 3.65. The predicted molar refractivity (Wildman–Crippen MR) is 112 cm³/mol. The molecule has 2 heterocycles. The summed E-state index contributed by atoms with van der Waals surface area (Å²) in [6.07, 6.45) is 1.58. The highest BCUT2D eigenvalue weighted by atomic mass is 35.5. The van der Waals surface area contributed by atoms with Gasteiger partial charge in [0.1, 0.15) is 5.69 Å². The normalized spacial score (nSPS) is 11.0. The van der Waals surface area contributed by atoms with E-state index >= 15 is 0 Å². The number of carboxylic acids is 1. The first-order valence-electron chi connectivity index (χ1n) is 8.83. The number of pyridine rings is 1. The van der Waals surface area contributed by atoms with Crippen molar-refractivity contribution in [3.63, 3.8) is 0 Å². The fraction of sp³-hybridized carbons (Fsp3) is 0.0909. The van der Waals surface area contributed by atoms with Crippen LogP contribution < -0.4 is 5.56 Å². The molecule has 4 rings (SSSR count). The molecular formula is C22H16ClN3O3. The lowest BCUT2D eigenvalue weighted by Crippen LogP contribution is -2.20. The lowest BCUT2D eigenvalue weighted by Gasteiger charge is -2.14. The molecule has 0 atom stereocenters. The number of hydrogen-bond donors (Lipinski definition) is 1. The Balaban J connectivity index is 2.04. The van der Waals surface area contributed by atoms with Crippen molar-refractivity contribution >= 4 is 28.5 Å². The lowest BCUT2D eigenvalue weighted by molar-refractivity contribution is 0.0697. The summed E-state index contributed by atoms with van der Waals surface area (Å²) in [5.41, 5.74) is 3.44. The highest BCUT2D eigenvalue weighted by molar-refractivity contribution is 6.33. The molecule has 7 heteroatoms. The molecule has 144 valence electrons. The van der Waals surface area contributed by atoms with Gasteiger partial charge < -0.3 is 9.67 Å². The van der Waals surface area contributed by atoms with E-state index in [1.807, 2.05) is 25.1 Å². The number of hydrogen-bond acceptors (Lipinski definition) is 4. The zero-order chi connectivity index (χ0) is 20.7. The number of halogens is 1. The molecule has 0 spiro atoms. The molecule has 4 aromatic rings. The minimum absolute atomic E-state index is 0.123. The average Bonchev–Trinajstić information content (AvgIpc) is 2.71.